The average Bonchev–Trinajstić information content (AvgIpc) is 2.19. The van der Waals surface area contributed by atoms with E-state index in [1.807, 2.05) is 6.07 Å². The minimum absolute atomic E-state index is 0.472. The van der Waals surface area contributed by atoms with Gasteiger partial charge in [0.15, 0.2) is 0 Å². The summed E-state index contributed by atoms with van der Waals surface area (Å²) in [4.78, 5) is 0. The SMILES string of the molecule is ClCCCCOc1cccc(Cl)c1Cl. The van der Waals surface area contributed by atoms with E-state index >= 15 is 0 Å². The van der Waals surface area contributed by atoms with Crippen LogP contribution in [-0.2, 0) is 0 Å². The molecule has 0 saturated carbocycles. The van der Waals surface area contributed by atoms with Crippen LogP contribution in [-0.4, -0.2) is 12.5 Å². The van der Waals surface area contributed by atoms with Crippen molar-refractivity contribution in [3.05, 3.63) is 28.2 Å². The van der Waals surface area contributed by atoms with Crippen molar-refractivity contribution < 1.29 is 4.74 Å². The van der Waals surface area contributed by atoms with Gasteiger partial charge in [-0.25, -0.2) is 0 Å². The van der Waals surface area contributed by atoms with Crippen molar-refractivity contribution >= 4 is 34.8 Å². The Kier molecular flexibility index (Phi) is 5.46. The maximum atomic E-state index is 5.92. The summed E-state index contributed by atoms with van der Waals surface area (Å²) in [5.41, 5.74) is 0. The van der Waals surface area contributed by atoms with Gasteiger partial charge in [0.2, 0.25) is 0 Å². The smallest absolute Gasteiger partial charge is 0.139 e. The van der Waals surface area contributed by atoms with E-state index in [1.54, 1.807) is 12.1 Å². The lowest BCUT2D eigenvalue weighted by Crippen LogP contribution is -1.98. The van der Waals surface area contributed by atoms with Crippen LogP contribution in [0.3, 0.4) is 0 Å². The van der Waals surface area contributed by atoms with Gasteiger partial charge in [0, 0.05) is 5.88 Å². The molecule has 1 rings (SSSR count). The van der Waals surface area contributed by atoms with E-state index in [2.05, 4.69) is 0 Å². The Balaban J connectivity index is 2.46. The summed E-state index contributed by atoms with van der Waals surface area (Å²) in [6.07, 6.45) is 1.87. The molecule has 0 N–H and O–H groups in total. The summed E-state index contributed by atoms with van der Waals surface area (Å²) in [6.45, 7) is 0.618. The lowest BCUT2D eigenvalue weighted by molar-refractivity contribution is 0.310. The van der Waals surface area contributed by atoms with E-state index in [0.29, 0.717) is 28.3 Å². The highest BCUT2D eigenvalue weighted by molar-refractivity contribution is 6.42. The Morgan fingerprint density at radius 3 is 2.64 bits per heavy atom. The van der Waals surface area contributed by atoms with Crippen LogP contribution < -0.4 is 4.74 Å². The van der Waals surface area contributed by atoms with E-state index < -0.39 is 0 Å². The molecule has 1 aromatic carbocycles. The van der Waals surface area contributed by atoms with Gasteiger partial charge in [-0.3, -0.25) is 0 Å². The van der Waals surface area contributed by atoms with Crippen LogP contribution in [0.2, 0.25) is 10.0 Å². The molecule has 0 aliphatic rings. The number of hydrogen-bond acceptors (Lipinski definition) is 1. The molecule has 1 aromatic rings. The van der Waals surface area contributed by atoms with Gasteiger partial charge in [0.05, 0.1) is 11.6 Å². The largest absolute Gasteiger partial charge is 0.492 e. The zero-order valence-electron chi connectivity index (χ0n) is 7.60. The molecular weight excluding hydrogens is 242 g/mol. The van der Waals surface area contributed by atoms with Gasteiger partial charge >= 0.3 is 0 Å². The molecule has 0 heterocycles. The van der Waals surface area contributed by atoms with Crippen LogP contribution in [0.4, 0.5) is 0 Å². The van der Waals surface area contributed by atoms with Crippen molar-refractivity contribution in [2.24, 2.45) is 0 Å². The normalized spacial score (nSPS) is 10.2. The minimum Gasteiger partial charge on any atom is -0.492 e. The molecule has 0 fully saturated rings. The fraction of sp³-hybridized carbons (Fsp3) is 0.400. The fourth-order valence-corrected chi connectivity index (χ4v) is 1.51. The van der Waals surface area contributed by atoms with Gasteiger partial charge in [-0.05, 0) is 25.0 Å². The average molecular weight is 254 g/mol. The van der Waals surface area contributed by atoms with Crippen LogP contribution in [0, 0.1) is 0 Å². The van der Waals surface area contributed by atoms with Crippen molar-refractivity contribution in [2.75, 3.05) is 12.5 Å². The highest BCUT2D eigenvalue weighted by Gasteiger charge is 2.04. The number of benzene rings is 1. The lowest BCUT2D eigenvalue weighted by atomic mass is 10.3. The Bertz CT molecular complexity index is 289. The van der Waals surface area contributed by atoms with Crippen LogP contribution in [0.25, 0.3) is 0 Å². The standard InChI is InChI=1S/C10H11Cl3O/c11-6-1-2-7-14-9-5-3-4-8(12)10(9)13/h3-5H,1-2,6-7H2. The lowest BCUT2D eigenvalue weighted by Gasteiger charge is -2.07. The summed E-state index contributed by atoms with van der Waals surface area (Å²) < 4.78 is 5.44. The molecule has 0 saturated heterocycles. The second-order valence-corrected chi connectivity index (χ2v) is 3.96. The predicted molar refractivity (Wildman–Crippen MR) is 61.9 cm³/mol. The van der Waals surface area contributed by atoms with Gasteiger partial charge in [0.1, 0.15) is 10.8 Å². The van der Waals surface area contributed by atoms with Crippen LogP contribution in [0.5, 0.6) is 5.75 Å². The minimum atomic E-state index is 0.472. The van der Waals surface area contributed by atoms with E-state index in [9.17, 15) is 0 Å². The first-order valence-corrected chi connectivity index (χ1v) is 5.67. The molecule has 1 nitrogen and oxygen atoms in total. The number of halogens is 3. The molecule has 0 aromatic heterocycles. The predicted octanol–water partition coefficient (Wildman–Crippen LogP) is 4.39. The first kappa shape index (κ1) is 12.0. The second-order valence-electron chi connectivity index (χ2n) is 2.80. The van der Waals surface area contributed by atoms with E-state index in [1.165, 1.54) is 0 Å². The monoisotopic (exact) mass is 252 g/mol. The summed E-state index contributed by atoms with van der Waals surface area (Å²) in [7, 11) is 0. The van der Waals surface area contributed by atoms with Gasteiger partial charge < -0.3 is 4.74 Å². The number of rotatable bonds is 5. The molecule has 0 aliphatic carbocycles. The van der Waals surface area contributed by atoms with E-state index in [-0.39, 0.29) is 0 Å². The Labute approximate surface area is 98.9 Å². The first-order chi connectivity index (χ1) is 6.75. The van der Waals surface area contributed by atoms with Crippen molar-refractivity contribution in [1.29, 1.82) is 0 Å². The first-order valence-electron chi connectivity index (χ1n) is 4.38. The molecule has 4 heteroatoms. The molecule has 0 amide bonds. The molecule has 78 valence electrons. The number of hydrogen-bond donors (Lipinski definition) is 0. The molecule has 0 bridgehead atoms. The number of unbranched alkanes of at least 4 members (excludes halogenated alkanes) is 1. The van der Waals surface area contributed by atoms with E-state index in [0.717, 1.165) is 12.8 Å². The van der Waals surface area contributed by atoms with Gasteiger partial charge in [0.25, 0.3) is 0 Å². The summed E-state index contributed by atoms with van der Waals surface area (Å²) in [5.74, 6) is 1.29. The maximum Gasteiger partial charge on any atom is 0.139 e. The topological polar surface area (TPSA) is 9.23 Å². The number of ether oxygens (including phenoxy) is 1. The molecule has 0 unspecified atom stereocenters. The van der Waals surface area contributed by atoms with Crippen LogP contribution in [0.1, 0.15) is 12.8 Å². The molecular formula is C10H11Cl3O. The quantitative estimate of drug-likeness (QED) is 0.558. The maximum absolute atomic E-state index is 5.92. The van der Waals surface area contributed by atoms with Crippen molar-refractivity contribution in [3.63, 3.8) is 0 Å². The zero-order valence-corrected chi connectivity index (χ0v) is 9.87. The third-order valence-corrected chi connectivity index (χ3v) is 2.77. The Hall–Kier alpha value is -0.110. The zero-order chi connectivity index (χ0) is 10.4. The summed E-state index contributed by atoms with van der Waals surface area (Å²) in [5, 5.41) is 0.988. The van der Waals surface area contributed by atoms with Crippen molar-refractivity contribution in [3.8, 4) is 5.75 Å². The van der Waals surface area contributed by atoms with Crippen molar-refractivity contribution in [2.45, 2.75) is 12.8 Å². The molecule has 0 spiro atoms. The highest BCUT2D eigenvalue weighted by atomic mass is 35.5. The van der Waals surface area contributed by atoms with Gasteiger partial charge in [-0.1, -0.05) is 29.3 Å². The third-order valence-electron chi connectivity index (χ3n) is 1.70. The molecule has 0 radical (unpaired) electrons. The summed E-state index contributed by atoms with van der Waals surface area (Å²) >= 11 is 17.3. The van der Waals surface area contributed by atoms with Gasteiger partial charge in [-0.2, -0.15) is 0 Å². The summed E-state index contributed by atoms with van der Waals surface area (Å²) in [6, 6.07) is 5.34. The third kappa shape index (κ3) is 3.56. The Morgan fingerprint density at radius 1 is 1.14 bits per heavy atom. The van der Waals surface area contributed by atoms with Crippen LogP contribution >= 0.6 is 34.8 Å². The second kappa shape index (κ2) is 6.39. The molecule has 0 aliphatic heterocycles. The Morgan fingerprint density at radius 2 is 1.93 bits per heavy atom. The molecule has 0 atom stereocenters. The van der Waals surface area contributed by atoms with Crippen LogP contribution in [0.15, 0.2) is 18.2 Å². The number of alkyl halides is 1. The fourth-order valence-electron chi connectivity index (χ4n) is 0.974. The molecule has 14 heavy (non-hydrogen) atoms. The van der Waals surface area contributed by atoms with Gasteiger partial charge in [-0.15, -0.1) is 11.6 Å². The highest BCUT2D eigenvalue weighted by Crippen LogP contribution is 2.31. The van der Waals surface area contributed by atoms with Crippen molar-refractivity contribution in [1.82, 2.24) is 0 Å². The van der Waals surface area contributed by atoms with E-state index in [4.69, 9.17) is 39.5 Å².